The molecular formula is C12H13F2NO. The second-order valence-electron chi connectivity index (χ2n) is 4.27. The van der Waals surface area contributed by atoms with E-state index < -0.39 is 11.6 Å². The number of benzene rings is 1. The van der Waals surface area contributed by atoms with Crippen LogP contribution in [0.25, 0.3) is 0 Å². The van der Waals surface area contributed by atoms with Gasteiger partial charge in [0.1, 0.15) is 11.6 Å². The Kier molecular flexibility index (Phi) is 2.90. The number of hydrogen-bond donors (Lipinski definition) is 1. The fourth-order valence-corrected chi connectivity index (χ4v) is 1.68. The van der Waals surface area contributed by atoms with Crippen molar-refractivity contribution in [1.82, 2.24) is 5.32 Å². The molecule has 2 unspecified atom stereocenters. The second kappa shape index (κ2) is 4.20. The molecule has 0 aromatic heterocycles. The topological polar surface area (TPSA) is 29.1 Å². The highest BCUT2D eigenvalue weighted by Gasteiger charge is 2.38. The third-order valence-corrected chi connectivity index (χ3v) is 2.91. The molecule has 1 amide bonds. The van der Waals surface area contributed by atoms with Gasteiger partial charge in [0, 0.05) is 18.0 Å². The Labute approximate surface area is 92.7 Å². The predicted molar refractivity (Wildman–Crippen MR) is 55.5 cm³/mol. The zero-order valence-corrected chi connectivity index (χ0v) is 8.97. The molecule has 1 saturated carbocycles. The lowest BCUT2D eigenvalue weighted by molar-refractivity contribution is -0.122. The number of carbonyl (C=O) groups is 1. The molecule has 4 heteroatoms. The van der Waals surface area contributed by atoms with Gasteiger partial charge in [0.05, 0.1) is 0 Å². The third kappa shape index (κ3) is 2.38. The van der Waals surface area contributed by atoms with Gasteiger partial charge in [0.2, 0.25) is 5.91 Å². The number of carbonyl (C=O) groups excluding carboxylic acids is 1. The van der Waals surface area contributed by atoms with Gasteiger partial charge in [-0.3, -0.25) is 4.79 Å². The van der Waals surface area contributed by atoms with Gasteiger partial charge in [-0.05, 0) is 30.5 Å². The van der Waals surface area contributed by atoms with Crippen LogP contribution in [0.1, 0.15) is 18.9 Å². The summed E-state index contributed by atoms with van der Waals surface area (Å²) in [6, 6.07) is 3.23. The number of amides is 1. The van der Waals surface area contributed by atoms with Gasteiger partial charge in [-0.2, -0.15) is 0 Å². The van der Waals surface area contributed by atoms with Crippen LogP contribution in [0, 0.1) is 23.5 Å². The van der Waals surface area contributed by atoms with Crippen LogP contribution in [-0.2, 0) is 11.3 Å². The fraction of sp³-hybridized carbons (Fsp3) is 0.417. The molecule has 86 valence electrons. The molecule has 1 aliphatic carbocycles. The standard InChI is InChI=1S/C12H13F2NO/c1-7-4-10(7)12(16)15-6-8-5-9(13)2-3-11(8)14/h2-3,5,7,10H,4,6H2,1H3,(H,15,16). The molecule has 0 spiro atoms. The first-order chi connectivity index (χ1) is 7.58. The highest BCUT2D eigenvalue weighted by molar-refractivity contribution is 5.81. The Morgan fingerprint density at radius 2 is 2.19 bits per heavy atom. The molecule has 0 aliphatic heterocycles. The Bertz CT molecular complexity index is 419. The summed E-state index contributed by atoms with van der Waals surface area (Å²) in [5.74, 6) is -0.596. The van der Waals surface area contributed by atoms with Crippen molar-refractivity contribution in [3.8, 4) is 0 Å². The maximum Gasteiger partial charge on any atom is 0.223 e. The van der Waals surface area contributed by atoms with Crippen LogP contribution in [0.15, 0.2) is 18.2 Å². The number of hydrogen-bond acceptors (Lipinski definition) is 1. The number of halogens is 2. The molecule has 2 rings (SSSR count). The molecule has 1 fully saturated rings. The Hall–Kier alpha value is -1.45. The van der Waals surface area contributed by atoms with Gasteiger partial charge in [0.25, 0.3) is 0 Å². The minimum atomic E-state index is -0.495. The van der Waals surface area contributed by atoms with Crippen molar-refractivity contribution in [2.75, 3.05) is 0 Å². The van der Waals surface area contributed by atoms with Crippen molar-refractivity contribution < 1.29 is 13.6 Å². The predicted octanol–water partition coefficient (Wildman–Crippen LogP) is 2.24. The van der Waals surface area contributed by atoms with Crippen molar-refractivity contribution in [2.24, 2.45) is 11.8 Å². The van der Waals surface area contributed by atoms with Crippen LogP contribution in [0.2, 0.25) is 0 Å². The summed E-state index contributed by atoms with van der Waals surface area (Å²) in [5, 5.41) is 2.61. The van der Waals surface area contributed by atoms with E-state index in [9.17, 15) is 13.6 Å². The summed E-state index contributed by atoms with van der Waals surface area (Å²) in [5.41, 5.74) is 0.182. The summed E-state index contributed by atoms with van der Waals surface area (Å²) in [6.45, 7) is 2.04. The van der Waals surface area contributed by atoms with Crippen LogP contribution in [-0.4, -0.2) is 5.91 Å². The molecule has 0 radical (unpaired) electrons. The van der Waals surface area contributed by atoms with E-state index >= 15 is 0 Å². The zero-order valence-electron chi connectivity index (χ0n) is 8.97. The van der Waals surface area contributed by atoms with Crippen LogP contribution in [0.3, 0.4) is 0 Å². The van der Waals surface area contributed by atoms with E-state index in [2.05, 4.69) is 5.32 Å². The lowest BCUT2D eigenvalue weighted by Crippen LogP contribution is -2.25. The van der Waals surface area contributed by atoms with E-state index in [-0.39, 0.29) is 23.9 Å². The van der Waals surface area contributed by atoms with E-state index in [1.807, 2.05) is 6.92 Å². The van der Waals surface area contributed by atoms with E-state index in [0.29, 0.717) is 5.92 Å². The van der Waals surface area contributed by atoms with E-state index in [1.54, 1.807) is 0 Å². The van der Waals surface area contributed by atoms with Crippen LogP contribution in [0.5, 0.6) is 0 Å². The minimum Gasteiger partial charge on any atom is -0.352 e. The van der Waals surface area contributed by atoms with Gasteiger partial charge >= 0.3 is 0 Å². The molecule has 16 heavy (non-hydrogen) atoms. The smallest absolute Gasteiger partial charge is 0.223 e. The van der Waals surface area contributed by atoms with Crippen molar-refractivity contribution in [3.63, 3.8) is 0 Å². The van der Waals surface area contributed by atoms with Crippen molar-refractivity contribution in [2.45, 2.75) is 19.9 Å². The monoisotopic (exact) mass is 225 g/mol. The molecule has 1 aromatic rings. The first-order valence-electron chi connectivity index (χ1n) is 5.29. The lowest BCUT2D eigenvalue weighted by Gasteiger charge is -2.05. The largest absolute Gasteiger partial charge is 0.352 e. The Morgan fingerprint density at radius 1 is 1.50 bits per heavy atom. The highest BCUT2D eigenvalue weighted by atomic mass is 19.1. The SMILES string of the molecule is CC1CC1C(=O)NCc1cc(F)ccc1F. The fourth-order valence-electron chi connectivity index (χ4n) is 1.68. The van der Waals surface area contributed by atoms with Crippen molar-refractivity contribution in [1.29, 1.82) is 0 Å². The van der Waals surface area contributed by atoms with Gasteiger partial charge in [0.15, 0.2) is 0 Å². The zero-order chi connectivity index (χ0) is 11.7. The van der Waals surface area contributed by atoms with Crippen molar-refractivity contribution >= 4 is 5.91 Å². The Morgan fingerprint density at radius 3 is 2.81 bits per heavy atom. The van der Waals surface area contributed by atoms with E-state index in [4.69, 9.17) is 0 Å². The van der Waals surface area contributed by atoms with Crippen molar-refractivity contribution in [3.05, 3.63) is 35.4 Å². The van der Waals surface area contributed by atoms with Gasteiger partial charge < -0.3 is 5.32 Å². The van der Waals surface area contributed by atoms with Crippen LogP contribution >= 0.6 is 0 Å². The first-order valence-corrected chi connectivity index (χ1v) is 5.29. The summed E-state index contributed by atoms with van der Waals surface area (Å²) < 4.78 is 26.0. The number of rotatable bonds is 3. The summed E-state index contributed by atoms with van der Waals surface area (Å²) in [4.78, 5) is 11.5. The summed E-state index contributed by atoms with van der Waals surface area (Å²) >= 11 is 0. The van der Waals surface area contributed by atoms with Gasteiger partial charge in [-0.25, -0.2) is 8.78 Å². The maximum absolute atomic E-state index is 13.2. The summed E-state index contributed by atoms with van der Waals surface area (Å²) in [6.07, 6.45) is 0.886. The normalized spacial score (nSPS) is 22.9. The molecule has 1 N–H and O–H groups in total. The third-order valence-electron chi connectivity index (χ3n) is 2.91. The number of nitrogens with one attached hydrogen (secondary N) is 1. The maximum atomic E-state index is 13.2. The molecule has 1 aliphatic rings. The second-order valence-corrected chi connectivity index (χ2v) is 4.27. The first kappa shape index (κ1) is 11.0. The van der Waals surface area contributed by atoms with E-state index in [1.165, 1.54) is 0 Å². The molecule has 1 aromatic carbocycles. The van der Waals surface area contributed by atoms with Gasteiger partial charge in [-0.1, -0.05) is 6.92 Å². The lowest BCUT2D eigenvalue weighted by atomic mass is 10.2. The molecule has 0 saturated heterocycles. The van der Waals surface area contributed by atoms with E-state index in [0.717, 1.165) is 24.6 Å². The Balaban J connectivity index is 1.94. The highest BCUT2D eigenvalue weighted by Crippen LogP contribution is 2.37. The van der Waals surface area contributed by atoms with Crippen LogP contribution in [0.4, 0.5) is 8.78 Å². The minimum absolute atomic E-state index is 0.0473. The summed E-state index contributed by atoms with van der Waals surface area (Å²) in [7, 11) is 0. The molecule has 0 heterocycles. The van der Waals surface area contributed by atoms with Crippen LogP contribution < -0.4 is 5.32 Å². The molecule has 2 atom stereocenters. The van der Waals surface area contributed by atoms with Gasteiger partial charge in [-0.15, -0.1) is 0 Å². The quantitative estimate of drug-likeness (QED) is 0.839. The molecular weight excluding hydrogens is 212 g/mol. The molecule has 0 bridgehead atoms. The average Bonchev–Trinajstić information content (AvgIpc) is 2.97. The molecule has 2 nitrogen and oxygen atoms in total. The average molecular weight is 225 g/mol.